The number of sulfonamides is 1. The van der Waals surface area contributed by atoms with E-state index in [1.54, 1.807) is 12.1 Å². The van der Waals surface area contributed by atoms with Crippen molar-refractivity contribution >= 4 is 43.2 Å². The molecule has 0 spiro atoms. The van der Waals surface area contributed by atoms with Crippen LogP contribution in [-0.4, -0.2) is 48.2 Å². The first-order valence-electron chi connectivity index (χ1n) is 10.2. The molecule has 0 aromatic heterocycles. The van der Waals surface area contributed by atoms with Crippen LogP contribution in [0.3, 0.4) is 0 Å². The van der Waals surface area contributed by atoms with Gasteiger partial charge < -0.3 is 5.32 Å². The average molecular weight is 503 g/mol. The van der Waals surface area contributed by atoms with Gasteiger partial charge in [-0.2, -0.15) is 12.7 Å². The fourth-order valence-electron chi connectivity index (χ4n) is 2.96. The molecule has 0 atom stereocenters. The van der Waals surface area contributed by atoms with Gasteiger partial charge >= 0.3 is 10.2 Å². The molecule has 1 amide bonds. The topological polar surface area (TPSA) is 116 Å². The first kappa shape index (κ1) is 25.2. The number of amides is 1. The van der Waals surface area contributed by atoms with Crippen LogP contribution in [0.5, 0.6) is 0 Å². The molecule has 0 aliphatic rings. The van der Waals surface area contributed by atoms with E-state index in [2.05, 4.69) is 10.0 Å². The van der Waals surface area contributed by atoms with E-state index >= 15 is 0 Å². The first-order valence-corrected chi connectivity index (χ1v) is 13.1. The van der Waals surface area contributed by atoms with Gasteiger partial charge in [-0.1, -0.05) is 17.7 Å². The quantitative estimate of drug-likeness (QED) is 0.490. The van der Waals surface area contributed by atoms with Gasteiger partial charge in [0.05, 0.1) is 10.6 Å². The van der Waals surface area contributed by atoms with E-state index in [0.717, 1.165) is 14.2 Å². The Hall–Kier alpha value is -3.41. The number of carbonyl (C=O) groups excluding carboxylic acids is 1. The third-order valence-corrected chi connectivity index (χ3v) is 8.25. The minimum absolute atomic E-state index is 0.0561. The van der Waals surface area contributed by atoms with Gasteiger partial charge in [0, 0.05) is 38.1 Å². The standard InChI is InChI=1S/C23H26N4O5S2/c1-17-5-9-20(10-6-17)25-33(29,30)22-15-11-19(12-16-22)24-23(28)18-7-13-21(14-8-18)27(4)34(31,32)26(2)3/h5-16,25H,1-4H3,(H,24,28). The maximum atomic E-state index is 12.6. The number of nitrogens with zero attached hydrogens (tertiary/aromatic N) is 2. The summed E-state index contributed by atoms with van der Waals surface area (Å²) >= 11 is 0. The zero-order valence-corrected chi connectivity index (χ0v) is 20.8. The fraction of sp³-hybridized carbons (Fsp3) is 0.174. The number of hydrogen-bond acceptors (Lipinski definition) is 5. The largest absolute Gasteiger partial charge is 0.322 e. The van der Waals surface area contributed by atoms with Gasteiger partial charge in [0.15, 0.2) is 0 Å². The lowest BCUT2D eigenvalue weighted by Crippen LogP contribution is -2.37. The monoisotopic (exact) mass is 502 g/mol. The number of nitrogens with one attached hydrogen (secondary N) is 2. The summed E-state index contributed by atoms with van der Waals surface area (Å²) in [7, 11) is -3.12. The number of benzene rings is 3. The van der Waals surface area contributed by atoms with Gasteiger partial charge in [-0.3, -0.25) is 13.8 Å². The summed E-state index contributed by atoms with van der Waals surface area (Å²) in [6, 6.07) is 18.8. The van der Waals surface area contributed by atoms with Crippen molar-refractivity contribution in [2.24, 2.45) is 0 Å². The molecular weight excluding hydrogens is 476 g/mol. The molecule has 9 nitrogen and oxygen atoms in total. The molecule has 3 aromatic rings. The lowest BCUT2D eigenvalue weighted by Gasteiger charge is -2.23. The Morgan fingerprint density at radius 1 is 0.735 bits per heavy atom. The van der Waals surface area contributed by atoms with Crippen LogP contribution in [0.4, 0.5) is 17.1 Å². The lowest BCUT2D eigenvalue weighted by atomic mass is 10.2. The van der Waals surface area contributed by atoms with Crippen molar-refractivity contribution in [2.45, 2.75) is 11.8 Å². The van der Waals surface area contributed by atoms with E-state index in [0.29, 0.717) is 22.6 Å². The summed E-state index contributed by atoms with van der Waals surface area (Å²) in [4.78, 5) is 12.6. The third kappa shape index (κ3) is 5.74. The molecule has 34 heavy (non-hydrogen) atoms. The summed E-state index contributed by atoms with van der Waals surface area (Å²) in [5.74, 6) is -0.418. The van der Waals surface area contributed by atoms with Gasteiger partial charge in [-0.25, -0.2) is 8.42 Å². The van der Waals surface area contributed by atoms with E-state index in [1.807, 2.05) is 19.1 Å². The maximum absolute atomic E-state index is 12.6. The molecular formula is C23H26N4O5S2. The first-order chi connectivity index (χ1) is 15.9. The highest BCUT2D eigenvalue weighted by atomic mass is 32.2. The molecule has 2 N–H and O–H groups in total. The normalized spacial score (nSPS) is 11.8. The second kappa shape index (κ2) is 9.84. The van der Waals surface area contributed by atoms with Crippen LogP contribution in [0, 0.1) is 6.92 Å². The molecule has 0 unspecified atom stereocenters. The number of hydrogen-bond donors (Lipinski definition) is 2. The Morgan fingerprint density at radius 3 is 1.79 bits per heavy atom. The SMILES string of the molecule is Cc1ccc(NS(=O)(=O)c2ccc(NC(=O)c3ccc(N(C)S(=O)(=O)N(C)C)cc3)cc2)cc1. The van der Waals surface area contributed by atoms with Crippen molar-refractivity contribution in [3.63, 3.8) is 0 Å². The van der Waals surface area contributed by atoms with Gasteiger partial charge in [0.2, 0.25) is 0 Å². The van der Waals surface area contributed by atoms with Gasteiger partial charge in [-0.05, 0) is 67.6 Å². The van der Waals surface area contributed by atoms with E-state index in [9.17, 15) is 21.6 Å². The molecule has 0 saturated carbocycles. The summed E-state index contributed by atoms with van der Waals surface area (Å²) in [5.41, 5.74) is 2.60. The van der Waals surface area contributed by atoms with Crippen molar-refractivity contribution in [1.82, 2.24) is 4.31 Å². The average Bonchev–Trinajstić information content (AvgIpc) is 2.80. The molecule has 180 valence electrons. The Morgan fingerprint density at radius 2 is 1.26 bits per heavy atom. The predicted octanol–water partition coefficient (Wildman–Crippen LogP) is 3.29. The van der Waals surface area contributed by atoms with Crippen LogP contribution in [0.25, 0.3) is 0 Å². The summed E-state index contributed by atoms with van der Waals surface area (Å²) < 4.78 is 54.4. The van der Waals surface area contributed by atoms with Crippen molar-refractivity contribution in [1.29, 1.82) is 0 Å². The van der Waals surface area contributed by atoms with E-state index in [4.69, 9.17) is 0 Å². The number of anilines is 3. The van der Waals surface area contributed by atoms with Crippen molar-refractivity contribution in [3.8, 4) is 0 Å². The van der Waals surface area contributed by atoms with E-state index < -0.39 is 26.1 Å². The van der Waals surface area contributed by atoms with Crippen LogP contribution in [0.1, 0.15) is 15.9 Å². The van der Waals surface area contributed by atoms with Crippen molar-refractivity contribution in [3.05, 3.63) is 83.9 Å². The zero-order chi connectivity index (χ0) is 25.1. The molecule has 0 saturated heterocycles. The Bertz CT molecular complexity index is 1370. The molecule has 3 aromatic carbocycles. The third-order valence-electron chi connectivity index (χ3n) is 5.03. The highest BCUT2D eigenvalue weighted by Gasteiger charge is 2.21. The minimum Gasteiger partial charge on any atom is -0.322 e. The lowest BCUT2D eigenvalue weighted by molar-refractivity contribution is 0.102. The van der Waals surface area contributed by atoms with Crippen LogP contribution in [-0.2, 0) is 20.2 Å². The van der Waals surface area contributed by atoms with Crippen molar-refractivity contribution < 1.29 is 21.6 Å². The molecule has 0 heterocycles. The molecule has 0 bridgehead atoms. The summed E-state index contributed by atoms with van der Waals surface area (Å²) in [5, 5.41) is 2.70. The molecule has 0 aliphatic carbocycles. The second-order valence-electron chi connectivity index (χ2n) is 7.75. The molecule has 0 fully saturated rings. The fourth-order valence-corrected chi connectivity index (χ4v) is 4.89. The Labute approximate surface area is 200 Å². The van der Waals surface area contributed by atoms with Crippen LogP contribution >= 0.6 is 0 Å². The number of aryl methyl sites for hydroxylation is 1. The van der Waals surface area contributed by atoms with Gasteiger partial charge in [-0.15, -0.1) is 0 Å². The zero-order valence-electron chi connectivity index (χ0n) is 19.2. The van der Waals surface area contributed by atoms with Crippen LogP contribution in [0.15, 0.2) is 77.7 Å². The predicted molar refractivity (Wildman–Crippen MR) is 134 cm³/mol. The molecule has 11 heteroatoms. The highest BCUT2D eigenvalue weighted by Crippen LogP contribution is 2.21. The maximum Gasteiger partial charge on any atom is 0.303 e. The smallest absolute Gasteiger partial charge is 0.303 e. The summed E-state index contributed by atoms with van der Waals surface area (Å²) in [6.07, 6.45) is 0. The van der Waals surface area contributed by atoms with E-state index in [-0.39, 0.29) is 4.90 Å². The van der Waals surface area contributed by atoms with Crippen molar-refractivity contribution in [2.75, 3.05) is 35.5 Å². The molecule has 0 aliphatic heterocycles. The van der Waals surface area contributed by atoms with Gasteiger partial charge in [0.1, 0.15) is 0 Å². The number of rotatable bonds is 8. The Kier molecular flexibility index (Phi) is 7.29. The molecule has 0 radical (unpaired) electrons. The summed E-state index contributed by atoms with van der Waals surface area (Å²) in [6.45, 7) is 1.91. The number of carbonyl (C=O) groups is 1. The highest BCUT2D eigenvalue weighted by molar-refractivity contribution is 7.92. The van der Waals surface area contributed by atoms with Crippen LogP contribution in [0.2, 0.25) is 0 Å². The Balaban J connectivity index is 1.68. The van der Waals surface area contributed by atoms with Gasteiger partial charge in [0.25, 0.3) is 15.9 Å². The molecule has 3 rings (SSSR count). The van der Waals surface area contributed by atoms with E-state index in [1.165, 1.54) is 69.7 Å². The minimum atomic E-state index is -3.77. The second-order valence-corrected chi connectivity index (χ2v) is 11.6. The van der Waals surface area contributed by atoms with Crippen LogP contribution < -0.4 is 14.3 Å².